The van der Waals surface area contributed by atoms with Gasteiger partial charge in [0.2, 0.25) is 0 Å². The van der Waals surface area contributed by atoms with Crippen molar-refractivity contribution in [3.63, 3.8) is 0 Å². The molecule has 2 aliphatic rings. The van der Waals surface area contributed by atoms with Gasteiger partial charge in [0.05, 0.1) is 24.9 Å². The number of rotatable bonds is 8. The van der Waals surface area contributed by atoms with Gasteiger partial charge in [-0.2, -0.15) is 13.2 Å². The quantitative estimate of drug-likeness (QED) is 0.465. The van der Waals surface area contributed by atoms with Gasteiger partial charge in [-0.1, -0.05) is 12.1 Å². The van der Waals surface area contributed by atoms with Gasteiger partial charge in [0.15, 0.2) is 0 Å². The molecule has 230 valence electrons. The molecule has 0 aromatic heterocycles. The van der Waals surface area contributed by atoms with Gasteiger partial charge in [0.1, 0.15) is 5.75 Å². The number of halogens is 5. The Balaban J connectivity index is 0.00000294. The Morgan fingerprint density at radius 3 is 2.39 bits per heavy atom. The second-order valence-corrected chi connectivity index (χ2v) is 10.6. The number of morpholine rings is 1. The van der Waals surface area contributed by atoms with E-state index >= 15 is 0 Å². The van der Waals surface area contributed by atoms with Gasteiger partial charge in [0.25, 0.3) is 5.91 Å². The zero-order chi connectivity index (χ0) is 28.2. The lowest BCUT2D eigenvalue weighted by atomic mass is 9.98. The van der Waals surface area contributed by atoms with Crippen LogP contribution in [0.2, 0.25) is 0 Å². The van der Waals surface area contributed by atoms with E-state index in [4.69, 9.17) is 9.47 Å². The van der Waals surface area contributed by atoms with E-state index in [1.165, 1.54) is 6.07 Å². The summed E-state index contributed by atoms with van der Waals surface area (Å²) >= 11 is 0. The molecule has 0 saturated carbocycles. The van der Waals surface area contributed by atoms with Gasteiger partial charge in [-0.05, 0) is 61.2 Å². The summed E-state index contributed by atoms with van der Waals surface area (Å²) in [6.45, 7) is 9.52. The zero-order valence-corrected chi connectivity index (χ0v) is 25.3. The minimum atomic E-state index is -4.53. The normalized spacial score (nSPS) is 20.3. The van der Waals surface area contributed by atoms with Crippen molar-refractivity contribution in [2.75, 3.05) is 66.1 Å². The Morgan fingerprint density at radius 1 is 1.02 bits per heavy atom. The summed E-state index contributed by atoms with van der Waals surface area (Å²) in [5.41, 5.74) is 1.25. The molecule has 2 aliphatic heterocycles. The molecule has 1 amide bonds. The maximum atomic E-state index is 13.6. The molecule has 0 aliphatic carbocycles. The molecule has 0 radical (unpaired) electrons. The van der Waals surface area contributed by atoms with Crippen LogP contribution in [0.15, 0.2) is 36.4 Å². The first-order valence-corrected chi connectivity index (χ1v) is 13.4. The topological polar surface area (TPSA) is 65.5 Å². The van der Waals surface area contributed by atoms with E-state index in [9.17, 15) is 23.1 Å². The van der Waals surface area contributed by atoms with E-state index in [2.05, 4.69) is 9.80 Å². The second-order valence-electron chi connectivity index (χ2n) is 10.6. The summed E-state index contributed by atoms with van der Waals surface area (Å²) in [5, 5.41) is 10.2. The Labute approximate surface area is 252 Å². The Hall–Kier alpha value is -2.08. The number of hydrogen-bond acceptors (Lipinski definition) is 6. The molecule has 1 N–H and O–H groups in total. The number of nitrogens with zero attached hydrogens (tertiary/aromatic N) is 3. The van der Waals surface area contributed by atoms with E-state index in [0.717, 1.165) is 49.4 Å². The lowest BCUT2D eigenvalue weighted by Gasteiger charge is -2.43. The number of hydrogen-bond donors (Lipinski definition) is 1. The third-order valence-corrected chi connectivity index (χ3v) is 7.53. The van der Waals surface area contributed by atoms with Gasteiger partial charge < -0.3 is 19.5 Å². The number of aryl methyl sites for hydroxylation is 2. The smallest absolute Gasteiger partial charge is 0.416 e. The number of alkyl halides is 3. The molecule has 2 aromatic carbocycles. The molecule has 2 saturated heterocycles. The molecule has 0 unspecified atom stereocenters. The maximum absolute atomic E-state index is 13.6. The molecule has 2 atom stereocenters. The van der Waals surface area contributed by atoms with E-state index in [0.29, 0.717) is 44.8 Å². The van der Waals surface area contributed by atoms with E-state index in [1.807, 2.05) is 19.1 Å². The number of piperazine rings is 1. The number of carbonyl (C=O) groups is 1. The molecule has 0 bridgehead atoms. The molecule has 2 fully saturated rings. The van der Waals surface area contributed by atoms with Crippen molar-refractivity contribution in [2.45, 2.75) is 38.6 Å². The minimum absolute atomic E-state index is 0. The predicted molar refractivity (Wildman–Crippen MR) is 157 cm³/mol. The van der Waals surface area contributed by atoms with Crippen LogP contribution in [0.1, 0.15) is 32.6 Å². The summed E-state index contributed by atoms with van der Waals surface area (Å²) in [7, 11) is 1.66. The van der Waals surface area contributed by atoms with E-state index in [1.54, 1.807) is 25.0 Å². The van der Waals surface area contributed by atoms with Crippen molar-refractivity contribution in [2.24, 2.45) is 0 Å². The van der Waals surface area contributed by atoms with Gasteiger partial charge in [0, 0.05) is 64.5 Å². The standard InChI is InChI=1S/C29H38F3N3O4.2ClH/c1-20-12-23(16-24(13-20)29(30,31)32)28(37)35-9-8-33(6-7-34-10-11-39-26(18-34)19-38-3)17-25(35)14-22-5-4-21(2)27(36)15-22;;/h4-5,12-13,15-16,25-26,36H,6-11,14,17-19H2,1-3H3;2*1H/t25-,26+;;/m1../s1. The third-order valence-electron chi connectivity index (χ3n) is 7.53. The summed E-state index contributed by atoms with van der Waals surface area (Å²) in [6.07, 6.45) is -3.99. The number of phenolic OH excluding ortho intramolecular Hbond substituents is 1. The number of aromatic hydroxyl groups is 1. The van der Waals surface area contributed by atoms with Crippen LogP contribution in [0.5, 0.6) is 5.75 Å². The highest BCUT2D eigenvalue weighted by molar-refractivity contribution is 5.95. The predicted octanol–water partition coefficient (Wildman–Crippen LogP) is 4.59. The van der Waals surface area contributed by atoms with Crippen molar-refractivity contribution in [3.05, 3.63) is 64.2 Å². The van der Waals surface area contributed by atoms with Gasteiger partial charge in [-0.3, -0.25) is 14.6 Å². The third kappa shape index (κ3) is 9.46. The molecule has 2 heterocycles. The highest BCUT2D eigenvalue weighted by Gasteiger charge is 2.35. The van der Waals surface area contributed by atoms with E-state index < -0.39 is 17.6 Å². The fraction of sp³-hybridized carbons (Fsp3) is 0.552. The molecule has 0 spiro atoms. The Morgan fingerprint density at radius 2 is 1.73 bits per heavy atom. The molecule has 2 aromatic rings. The number of amides is 1. The monoisotopic (exact) mass is 621 g/mol. The summed E-state index contributed by atoms with van der Waals surface area (Å²) in [5.74, 6) is -0.217. The SMILES string of the molecule is COC[C@@H]1CN(CCN2CCN(C(=O)c3cc(C)cc(C(F)(F)F)c3)[C@H](Cc3ccc(C)c(O)c3)C2)CCO1.Cl.Cl. The van der Waals surface area contributed by atoms with Gasteiger partial charge in [-0.25, -0.2) is 0 Å². The average Bonchev–Trinajstić information content (AvgIpc) is 2.89. The van der Waals surface area contributed by atoms with Crippen LogP contribution in [0, 0.1) is 13.8 Å². The first-order valence-electron chi connectivity index (χ1n) is 13.4. The summed E-state index contributed by atoms with van der Waals surface area (Å²) in [6, 6.07) is 8.74. The largest absolute Gasteiger partial charge is 0.508 e. The highest BCUT2D eigenvalue weighted by Crippen LogP contribution is 2.31. The fourth-order valence-corrected chi connectivity index (χ4v) is 5.41. The first kappa shape index (κ1) is 35.1. The van der Waals surface area contributed by atoms with Gasteiger partial charge >= 0.3 is 6.18 Å². The van der Waals surface area contributed by atoms with Crippen molar-refractivity contribution in [1.82, 2.24) is 14.7 Å². The lowest BCUT2D eigenvalue weighted by molar-refractivity contribution is -0.137. The first-order chi connectivity index (χ1) is 18.5. The van der Waals surface area contributed by atoms with Crippen molar-refractivity contribution < 1.29 is 32.5 Å². The van der Waals surface area contributed by atoms with Crippen LogP contribution >= 0.6 is 24.8 Å². The Kier molecular flexibility index (Phi) is 13.2. The zero-order valence-electron chi connectivity index (χ0n) is 23.7. The number of phenols is 1. The van der Waals surface area contributed by atoms with Crippen LogP contribution in [0.25, 0.3) is 0 Å². The molecule has 12 heteroatoms. The number of carbonyl (C=O) groups excluding carboxylic acids is 1. The molecule has 7 nitrogen and oxygen atoms in total. The summed E-state index contributed by atoms with van der Waals surface area (Å²) < 4.78 is 51.4. The van der Waals surface area contributed by atoms with E-state index in [-0.39, 0.29) is 48.3 Å². The van der Waals surface area contributed by atoms with Crippen LogP contribution in [0.3, 0.4) is 0 Å². The fourth-order valence-electron chi connectivity index (χ4n) is 5.41. The summed E-state index contributed by atoms with van der Waals surface area (Å²) in [4.78, 5) is 20.0. The number of ether oxygens (including phenoxy) is 2. The van der Waals surface area contributed by atoms with Crippen molar-refractivity contribution in [1.29, 1.82) is 0 Å². The lowest BCUT2D eigenvalue weighted by Crippen LogP contribution is -2.57. The van der Waals surface area contributed by atoms with Gasteiger partial charge in [-0.15, -0.1) is 24.8 Å². The number of benzene rings is 2. The Bertz CT molecular complexity index is 1150. The molecule has 4 rings (SSSR count). The highest BCUT2D eigenvalue weighted by atomic mass is 35.5. The van der Waals surface area contributed by atoms with Crippen molar-refractivity contribution in [3.8, 4) is 5.75 Å². The molecular formula is C29H40Cl2F3N3O4. The second kappa shape index (κ2) is 15.4. The number of methoxy groups -OCH3 is 1. The average molecular weight is 623 g/mol. The van der Waals surface area contributed by atoms with Crippen LogP contribution < -0.4 is 0 Å². The molecule has 41 heavy (non-hydrogen) atoms. The van der Waals surface area contributed by atoms with Crippen LogP contribution in [-0.4, -0.2) is 104 Å². The van der Waals surface area contributed by atoms with Crippen LogP contribution in [0.4, 0.5) is 13.2 Å². The van der Waals surface area contributed by atoms with Crippen LogP contribution in [-0.2, 0) is 22.1 Å². The minimum Gasteiger partial charge on any atom is -0.508 e. The maximum Gasteiger partial charge on any atom is 0.416 e. The molecular weight excluding hydrogens is 582 g/mol. The van der Waals surface area contributed by atoms with Crippen molar-refractivity contribution >= 4 is 30.7 Å².